The van der Waals surface area contributed by atoms with E-state index < -0.39 is 5.97 Å². The molecule has 1 aliphatic rings. The van der Waals surface area contributed by atoms with Crippen LogP contribution in [-0.4, -0.2) is 33.2 Å². The Balaban J connectivity index is 2.28. The number of aryl methyl sites for hydroxylation is 1. The molecule has 0 bridgehead atoms. The van der Waals surface area contributed by atoms with E-state index in [9.17, 15) is 9.59 Å². The van der Waals surface area contributed by atoms with Crippen molar-refractivity contribution < 1.29 is 9.90 Å². The fourth-order valence-corrected chi connectivity index (χ4v) is 2.58. The second-order valence-corrected chi connectivity index (χ2v) is 4.84. The number of anilines is 1. The molecule has 1 fully saturated rings. The molecule has 6 nitrogen and oxygen atoms in total. The molecule has 0 radical (unpaired) electrons. The molecule has 1 aromatic rings. The smallest absolute Gasteiger partial charge is 0.305 e. The molecule has 0 saturated carbocycles. The third kappa shape index (κ3) is 2.94. The average molecular weight is 265 g/mol. The van der Waals surface area contributed by atoms with Crippen LogP contribution < -0.4 is 10.5 Å². The second kappa shape index (κ2) is 5.86. The Morgan fingerprint density at radius 2 is 2.37 bits per heavy atom. The van der Waals surface area contributed by atoms with E-state index >= 15 is 0 Å². The molecule has 0 aromatic carbocycles. The van der Waals surface area contributed by atoms with E-state index in [1.165, 1.54) is 0 Å². The molecule has 0 aliphatic carbocycles. The number of carboxylic acids is 1. The van der Waals surface area contributed by atoms with Crippen molar-refractivity contribution >= 4 is 11.8 Å². The highest BCUT2D eigenvalue weighted by Gasteiger charge is 2.29. The highest BCUT2D eigenvalue weighted by Crippen LogP contribution is 2.23. The van der Waals surface area contributed by atoms with Gasteiger partial charge in [0.25, 0.3) is 5.56 Å². The van der Waals surface area contributed by atoms with Crippen LogP contribution in [-0.2, 0) is 11.3 Å². The SMILES string of the molecule is CCCn1ccnc(N2CCCC2CC(=O)O)c1=O. The number of carboxylic acid groups (broad SMARTS) is 1. The third-order valence-corrected chi connectivity index (χ3v) is 3.42. The maximum atomic E-state index is 12.3. The molecule has 0 spiro atoms. The predicted octanol–water partition coefficient (Wildman–Crippen LogP) is 1.10. The summed E-state index contributed by atoms with van der Waals surface area (Å²) in [6.45, 7) is 3.37. The van der Waals surface area contributed by atoms with E-state index in [0.29, 0.717) is 18.9 Å². The van der Waals surface area contributed by atoms with Gasteiger partial charge in [-0.3, -0.25) is 9.59 Å². The van der Waals surface area contributed by atoms with Crippen LogP contribution in [0.25, 0.3) is 0 Å². The van der Waals surface area contributed by atoms with E-state index in [2.05, 4.69) is 4.98 Å². The van der Waals surface area contributed by atoms with Gasteiger partial charge in [0.05, 0.1) is 6.42 Å². The Hall–Kier alpha value is -1.85. The molecule has 1 atom stereocenters. The van der Waals surface area contributed by atoms with Crippen LogP contribution in [0.2, 0.25) is 0 Å². The van der Waals surface area contributed by atoms with E-state index in [-0.39, 0.29) is 18.0 Å². The van der Waals surface area contributed by atoms with Crippen molar-refractivity contribution in [1.82, 2.24) is 9.55 Å². The zero-order valence-electron chi connectivity index (χ0n) is 11.1. The zero-order valence-corrected chi connectivity index (χ0v) is 11.1. The minimum atomic E-state index is -0.832. The van der Waals surface area contributed by atoms with Crippen molar-refractivity contribution in [3.8, 4) is 0 Å². The third-order valence-electron chi connectivity index (χ3n) is 3.42. The van der Waals surface area contributed by atoms with E-state index in [4.69, 9.17) is 5.11 Å². The fraction of sp³-hybridized carbons (Fsp3) is 0.615. The van der Waals surface area contributed by atoms with Gasteiger partial charge in [-0.05, 0) is 19.3 Å². The van der Waals surface area contributed by atoms with Gasteiger partial charge in [0.15, 0.2) is 5.82 Å². The molecule has 2 rings (SSSR count). The maximum Gasteiger partial charge on any atom is 0.305 e. The molecule has 2 heterocycles. The summed E-state index contributed by atoms with van der Waals surface area (Å²) in [7, 11) is 0. The van der Waals surface area contributed by atoms with Crippen molar-refractivity contribution in [3.05, 3.63) is 22.7 Å². The van der Waals surface area contributed by atoms with Crippen LogP contribution in [0.15, 0.2) is 17.2 Å². The highest BCUT2D eigenvalue weighted by molar-refractivity contribution is 5.68. The summed E-state index contributed by atoms with van der Waals surface area (Å²) in [6.07, 6.45) is 5.93. The first-order valence-electron chi connectivity index (χ1n) is 6.67. The van der Waals surface area contributed by atoms with Crippen molar-refractivity contribution in [2.24, 2.45) is 0 Å². The van der Waals surface area contributed by atoms with E-state index in [1.54, 1.807) is 17.0 Å². The normalized spacial score (nSPS) is 18.8. The molecule has 6 heteroatoms. The summed E-state index contributed by atoms with van der Waals surface area (Å²) in [5, 5.41) is 8.92. The number of nitrogens with zero attached hydrogens (tertiary/aromatic N) is 3. The average Bonchev–Trinajstić information content (AvgIpc) is 2.79. The van der Waals surface area contributed by atoms with Crippen LogP contribution in [0.5, 0.6) is 0 Å². The van der Waals surface area contributed by atoms with Gasteiger partial charge in [-0.25, -0.2) is 4.98 Å². The van der Waals surface area contributed by atoms with E-state index in [0.717, 1.165) is 19.3 Å². The van der Waals surface area contributed by atoms with Crippen LogP contribution in [0.4, 0.5) is 5.82 Å². The van der Waals surface area contributed by atoms with Gasteiger partial charge in [-0.1, -0.05) is 6.92 Å². The standard InChI is InChI=1S/C13H19N3O3/c1-2-6-15-8-5-14-12(13(15)19)16-7-3-4-10(16)9-11(17)18/h5,8,10H,2-4,6-7,9H2,1H3,(H,17,18). The van der Waals surface area contributed by atoms with Gasteiger partial charge in [-0.15, -0.1) is 0 Å². The number of aliphatic carboxylic acids is 1. The Bertz CT molecular complexity index is 512. The minimum Gasteiger partial charge on any atom is -0.481 e. The van der Waals surface area contributed by atoms with Crippen molar-refractivity contribution in [2.45, 2.75) is 45.2 Å². The van der Waals surface area contributed by atoms with Crippen molar-refractivity contribution in [2.75, 3.05) is 11.4 Å². The first-order chi connectivity index (χ1) is 9.13. The Morgan fingerprint density at radius 1 is 1.58 bits per heavy atom. The van der Waals surface area contributed by atoms with Gasteiger partial charge < -0.3 is 14.6 Å². The topological polar surface area (TPSA) is 75.4 Å². The maximum absolute atomic E-state index is 12.3. The lowest BCUT2D eigenvalue weighted by Gasteiger charge is -2.24. The molecule has 1 aromatic heterocycles. The molecule has 1 N–H and O–H groups in total. The quantitative estimate of drug-likeness (QED) is 0.862. The van der Waals surface area contributed by atoms with Crippen LogP contribution >= 0.6 is 0 Å². The molecule has 1 unspecified atom stereocenters. The molecule has 104 valence electrons. The number of hydrogen-bond acceptors (Lipinski definition) is 4. The summed E-state index contributed by atoms with van der Waals surface area (Å²) in [5.41, 5.74) is -0.123. The first-order valence-corrected chi connectivity index (χ1v) is 6.67. The minimum absolute atomic E-state index is 0.0593. The lowest BCUT2D eigenvalue weighted by Crippen LogP contribution is -2.37. The summed E-state index contributed by atoms with van der Waals surface area (Å²) in [6, 6.07) is -0.116. The summed E-state index contributed by atoms with van der Waals surface area (Å²) >= 11 is 0. The molecular formula is C13H19N3O3. The first kappa shape index (κ1) is 13.6. The number of hydrogen-bond donors (Lipinski definition) is 1. The van der Waals surface area contributed by atoms with Gasteiger partial charge in [0, 0.05) is 31.5 Å². The molecule has 1 aliphatic heterocycles. The second-order valence-electron chi connectivity index (χ2n) is 4.84. The van der Waals surface area contributed by atoms with E-state index in [1.807, 2.05) is 11.8 Å². The van der Waals surface area contributed by atoms with Gasteiger partial charge in [0.2, 0.25) is 0 Å². The zero-order chi connectivity index (χ0) is 13.8. The summed E-state index contributed by atoms with van der Waals surface area (Å²) < 4.78 is 1.64. The molecule has 1 saturated heterocycles. The Kier molecular flexibility index (Phi) is 4.19. The summed E-state index contributed by atoms with van der Waals surface area (Å²) in [5.74, 6) is -0.443. The van der Waals surface area contributed by atoms with Crippen molar-refractivity contribution in [1.29, 1.82) is 0 Å². The van der Waals surface area contributed by atoms with Crippen LogP contribution in [0.1, 0.15) is 32.6 Å². The number of rotatable bonds is 5. The number of aromatic nitrogens is 2. The van der Waals surface area contributed by atoms with Gasteiger partial charge >= 0.3 is 5.97 Å². The Labute approximate surface area is 111 Å². The monoisotopic (exact) mass is 265 g/mol. The predicted molar refractivity (Wildman–Crippen MR) is 71.4 cm³/mol. The largest absolute Gasteiger partial charge is 0.481 e. The lowest BCUT2D eigenvalue weighted by atomic mass is 10.1. The van der Waals surface area contributed by atoms with Crippen molar-refractivity contribution in [3.63, 3.8) is 0 Å². The molecular weight excluding hydrogens is 246 g/mol. The molecule has 19 heavy (non-hydrogen) atoms. The van der Waals surface area contributed by atoms with Gasteiger partial charge in [0.1, 0.15) is 0 Å². The van der Waals surface area contributed by atoms with Crippen LogP contribution in [0, 0.1) is 0 Å². The Morgan fingerprint density at radius 3 is 3.05 bits per heavy atom. The fourth-order valence-electron chi connectivity index (χ4n) is 2.58. The summed E-state index contributed by atoms with van der Waals surface area (Å²) in [4.78, 5) is 29.2. The van der Waals surface area contributed by atoms with Gasteiger partial charge in [-0.2, -0.15) is 0 Å². The highest BCUT2D eigenvalue weighted by atomic mass is 16.4. The lowest BCUT2D eigenvalue weighted by molar-refractivity contribution is -0.137. The molecule has 0 amide bonds. The number of carbonyl (C=O) groups is 1. The van der Waals surface area contributed by atoms with Crippen LogP contribution in [0.3, 0.4) is 0 Å².